The summed E-state index contributed by atoms with van der Waals surface area (Å²) in [6.45, 7) is 7.47. The molecular weight excluding hydrogens is 484 g/mol. The molecule has 1 fully saturated rings. The monoisotopic (exact) mass is 514 g/mol. The molecule has 1 aromatic heterocycles. The quantitative estimate of drug-likeness (QED) is 0.195. The summed E-state index contributed by atoms with van der Waals surface area (Å²) in [5.74, 6) is -1.82. The molecular formula is C30H30N2O6. The second kappa shape index (κ2) is 10.9. The third kappa shape index (κ3) is 5.02. The Hall–Kier alpha value is -4.46. The number of carbonyl (C=O) groups excluding carboxylic acids is 3. The third-order valence-corrected chi connectivity index (χ3v) is 6.24. The zero-order valence-electron chi connectivity index (χ0n) is 22.0. The number of Topliss-reactive ketones (excluding diaryl/α,β-unsaturated/α-hetero) is 1. The summed E-state index contributed by atoms with van der Waals surface area (Å²) >= 11 is 0. The first-order chi connectivity index (χ1) is 18.1. The maximum atomic E-state index is 13.4. The lowest BCUT2D eigenvalue weighted by Gasteiger charge is -2.25. The molecule has 1 saturated heterocycles. The Morgan fingerprint density at radius 3 is 2.37 bits per heavy atom. The van der Waals surface area contributed by atoms with E-state index in [9.17, 15) is 19.5 Å². The van der Waals surface area contributed by atoms with Gasteiger partial charge >= 0.3 is 5.97 Å². The average Bonchev–Trinajstić information content (AvgIpc) is 3.18. The summed E-state index contributed by atoms with van der Waals surface area (Å²) in [7, 11) is 1.57. The van der Waals surface area contributed by atoms with E-state index in [0.29, 0.717) is 22.7 Å². The van der Waals surface area contributed by atoms with Gasteiger partial charge in [-0.3, -0.25) is 19.5 Å². The van der Waals surface area contributed by atoms with Crippen molar-refractivity contribution in [1.29, 1.82) is 0 Å². The maximum Gasteiger partial charge on any atom is 0.338 e. The molecule has 38 heavy (non-hydrogen) atoms. The molecule has 1 unspecified atom stereocenters. The van der Waals surface area contributed by atoms with Crippen LogP contribution in [0.3, 0.4) is 0 Å². The Morgan fingerprint density at radius 1 is 0.974 bits per heavy atom. The van der Waals surface area contributed by atoms with Gasteiger partial charge in [0.2, 0.25) is 0 Å². The molecule has 0 radical (unpaired) electrons. The molecule has 2 aromatic carbocycles. The van der Waals surface area contributed by atoms with E-state index >= 15 is 0 Å². The van der Waals surface area contributed by atoms with Crippen molar-refractivity contribution in [2.24, 2.45) is 0 Å². The highest BCUT2D eigenvalue weighted by Crippen LogP contribution is 2.42. The summed E-state index contributed by atoms with van der Waals surface area (Å²) in [5.41, 5.74) is 2.05. The van der Waals surface area contributed by atoms with Crippen LogP contribution in [-0.2, 0) is 14.3 Å². The summed E-state index contributed by atoms with van der Waals surface area (Å²) in [4.78, 5) is 45.1. The molecule has 8 heteroatoms. The number of carbonyl (C=O) groups is 3. The van der Waals surface area contributed by atoms with Gasteiger partial charge in [0, 0.05) is 17.4 Å². The minimum atomic E-state index is -1.02. The number of methoxy groups -OCH3 is 1. The van der Waals surface area contributed by atoms with Crippen molar-refractivity contribution in [3.63, 3.8) is 0 Å². The molecule has 1 amide bonds. The van der Waals surface area contributed by atoms with Crippen molar-refractivity contribution in [2.45, 2.75) is 45.8 Å². The summed E-state index contributed by atoms with van der Waals surface area (Å²) in [6, 6.07) is 15.5. The van der Waals surface area contributed by atoms with Gasteiger partial charge < -0.3 is 14.6 Å². The fraction of sp³-hybridized carbons (Fsp3) is 0.267. The van der Waals surface area contributed by atoms with Crippen molar-refractivity contribution < 1.29 is 29.0 Å². The number of hydrogen-bond donors (Lipinski definition) is 1. The van der Waals surface area contributed by atoms with E-state index in [1.807, 2.05) is 13.8 Å². The molecule has 8 nitrogen and oxygen atoms in total. The number of pyridine rings is 1. The number of hydrogen-bond acceptors (Lipinski definition) is 7. The number of benzene rings is 2. The lowest BCUT2D eigenvalue weighted by molar-refractivity contribution is -0.132. The second-order valence-corrected chi connectivity index (χ2v) is 9.54. The van der Waals surface area contributed by atoms with Crippen molar-refractivity contribution in [2.75, 3.05) is 12.0 Å². The van der Waals surface area contributed by atoms with Crippen LogP contribution in [0.5, 0.6) is 5.75 Å². The van der Waals surface area contributed by atoms with E-state index in [1.54, 1.807) is 81.8 Å². The Morgan fingerprint density at radius 2 is 1.74 bits per heavy atom. The minimum Gasteiger partial charge on any atom is -0.507 e. The molecule has 0 saturated carbocycles. The normalized spacial score (nSPS) is 16.8. The highest BCUT2D eigenvalue weighted by molar-refractivity contribution is 6.51. The molecule has 1 aliphatic heterocycles. The molecule has 1 atom stereocenters. The number of aliphatic hydroxyl groups excluding tert-OH is 1. The largest absolute Gasteiger partial charge is 0.507 e. The number of ketones is 1. The first kappa shape index (κ1) is 26.6. The van der Waals surface area contributed by atoms with E-state index in [0.717, 1.165) is 5.56 Å². The lowest BCUT2D eigenvalue weighted by Crippen LogP contribution is -2.30. The fourth-order valence-electron chi connectivity index (χ4n) is 4.47. The smallest absolute Gasteiger partial charge is 0.338 e. The SMILES string of the molecule is COc1ccc(/C(O)=C2/C(=O)C(=O)N(c3cccc(C(=O)OC(C)C)c3)C2c2ccccn2)cc1C(C)C. The van der Waals surface area contributed by atoms with Crippen molar-refractivity contribution in [3.8, 4) is 5.75 Å². The number of aliphatic hydroxyl groups is 1. The molecule has 4 rings (SSSR count). The number of amides is 1. The number of esters is 1. The predicted octanol–water partition coefficient (Wildman–Crippen LogP) is 5.41. The van der Waals surface area contributed by atoms with Crippen LogP contribution in [0.4, 0.5) is 5.69 Å². The number of ether oxygens (including phenoxy) is 2. The molecule has 0 spiro atoms. The van der Waals surface area contributed by atoms with E-state index < -0.39 is 23.7 Å². The molecule has 1 N–H and O–H groups in total. The van der Waals surface area contributed by atoms with E-state index in [-0.39, 0.29) is 28.9 Å². The fourth-order valence-corrected chi connectivity index (χ4v) is 4.47. The number of nitrogens with zero attached hydrogens (tertiary/aromatic N) is 2. The minimum absolute atomic E-state index is 0.0834. The molecule has 3 aromatic rings. The van der Waals surface area contributed by atoms with Gasteiger partial charge in [-0.15, -0.1) is 0 Å². The first-order valence-electron chi connectivity index (χ1n) is 12.3. The highest BCUT2D eigenvalue weighted by Gasteiger charge is 2.47. The van der Waals surface area contributed by atoms with Gasteiger partial charge in [0.1, 0.15) is 17.6 Å². The van der Waals surface area contributed by atoms with Gasteiger partial charge in [-0.1, -0.05) is 26.0 Å². The van der Waals surface area contributed by atoms with Crippen molar-refractivity contribution in [1.82, 2.24) is 4.98 Å². The Bertz CT molecular complexity index is 1410. The van der Waals surface area contributed by atoms with E-state index in [4.69, 9.17) is 9.47 Å². The van der Waals surface area contributed by atoms with Crippen LogP contribution in [0.15, 0.2) is 72.4 Å². The Balaban J connectivity index is 1.89. The topological polar surface area (TPSA) is 106 Å². The van der Waals surface area contributed by atoms with Gasteiger partial charge in [-0.25, -0.2) is 4.79 Å². The van der Waals surface area contributed by atoms with Crippen LogP contribution in [-0.4, -0.2) is 41.0 Å². The highest BCUT2D eigenvalue weighted by atomic mass is 16.5. The Labute approximate surface area is 221 Å². The zero-order chi connectivity index (χ0) is 27.6. The van der Waals surface area contributed by atoms with E-state index in [2.05, 4.69) is 4.98 Å². The van der Waals surface area contributed by atoms with Gasteiger partial charge in [0.05, 0.1) is 30.0 Å². The Kier molecular flexibility index (Phi) is 7.62. The predicted molar refractivity (Wildman–Crippen MR) is 143 cm³/mol. The zero-order valence-corrected chi connectivity index (χ0v) is 22.0. The summed E-state index contributed by atoms with van der Waals surface area (Å²) in [6.07, 6.45) is 1.23. The van der Waals surface area contributed by atoms with Crippen molar-refractivity contribution in [3.05, 3.63) is 94.8 Å². The van der Waals surface area contributed by atoms with Crippen LogP contribution >= 0.6 is 0 Å². The lowest BCUT2D eigenvalue weighted by atomic mass is 9.94. The number of rotatable bonds is 7. The van der Waals surface area contributed by atoms with Crippen molar-refractivity contribution >= 4 is 29.1 Å². The molecule has 1 aliphatic rings. The van der Waals surface area contributed by atoms with Crippen LogP contribution in [0.25, 0.3) is 5.76 Å². The van der Waals surface area contributed by atoms with Gasteiger partial charge in [0.25, 0.3) is 11.7 Å². The summed E-state index contributed by atoms with van der Waals surface area (Å²) < 4.78 is 10.7. The van der Waals surface area contributed by atoms with Crippen LogP contribution in [0.2, 0.25) is 0 Å². The third-order valence-electron chi connectivity index (χ3n) is 6.24. The van der Waals surface area contributed by atoms with Crippen LogP contribution in [0.1, 0.15) is 66.8 Å². The maximum absolute atomic E-state index is 13.4. The molecule has 196 valence electrons. The van der Waals surface area contributed by atoms with Crippen LogP contribution < -0.4 is 9.64 Å². The molecule has 0 aliphatic carbocycles. The van der Waals surface area contributed by atoms with Crippen LogP contribution in [0, 0.1) is 0 Å². The molecule has 2 heterocycles. The number of aromatic nitrogens is 1. The molecule has 0 bridgehead atoms. The second-order valence-electron chi connectivity index (χ2n) is 9.54. The average molecular weight is 515 g/mol. The standard InChI is InChI=1S/C30H30N2O6/c1-17(2)22-16-19(12-13-24(22)37-5)27(33)25-26(23-11-6-7-14-31-23)32(29(35)28(25)34)21-10-8-9-20(15-21)30(36)38-18(3)4/h6-18,26,33H,1-5H3/b27-25-. The van der Waals surface area contributed by atoms with Gasteiger partial charge in [0.15, 0.2) is 0 Å². The van der Waals surface area contributed by atoms with Gasteiger partial charge in [-0.05, 0) is 73.9 Å². The van der Waals surface area contributed by atoms with E-state index in [1.165, 1.54) is 11.0 Å². The van der Waals surface area contributed by atoms with Gasteiger partial charge in [-0.2, -0.15) is 0 Å². The number of anilines is 1. The summed E-state index contributed by atoms with van der Waals surface area (Å²) in [5, 5.41) is 11.5. The first-order valence-corrected chi connectivity index (χ1v) is 12.3.